The van der Waals surface area contributed by atoms with Crippen molar-refractivity contribution in [3.05, 3.63) is 33.9 Å². The number of carbonyl (C=O) groups is 2. The van der Waals surface area contributed by atoms with Crippen molar-refractivity contribution < 1.29 is 19.6 Å². The van der Waals surface area contributed by atoms with Crippen LogP contribution in [0.2, 0.25) is 0 Å². The minimum Gasteiger partial charge on any atom is -0.481 e. The number of hydrogen-bond acceptors (Lipinski definition) is 5. The van der Waals surface area contributed by atoms with E-state index >= 15 is 0 Å². The predicted octanol–water partition coefficient (Wildman–Crippen LogP) is 1.36. The van der Waals surface area contributed by atoms with Crippen LogP contribution in [0, 0.1) is 16.0 Å². The second-order valence-corrected chi connectivity index (χ2v) is 5.04. The number of nitrogens with zero attached hydrogens (tertiary/aromatic N) is 1. The van der Waals surface area contributed by atoms with Gasteiger partial charge in [-0.3, -0.25) is 19.7 Å². The van der Waals surface area contributed by atoms with Crippen LogP contribution < -0.4 is 11.1 Å². The van der Waals surface area contributed by atoms with Crippen molar-refractivity contribution in [3.8, 4) is 0 Å². The first-order chi connectivity index (χ1) is 9.88. The highest BCUT2D eigenvalue weighted by molar-refractivity contribution is 5.94. The summed E-state index contributed by atoms with van der Waals surface area (Å²) in [6.45, 7) is 0. The van der Waals surface area contributed by atoms with Crippen LogP contribution in [0.3, 0.4) is 0 Å². The van der Waals surface area contributed by atoms with Gasteiger partial charge in [0.25, 0.3) is 5.69 Å². The van der Waals surface area contributed by atoms with Crippen molar-refractivity contribution in [2.24, 2.45) is 11.7 Å². The highest BCUT2D eigenvalue weighted by Gasteiger charge is 2.30. The van der Waals surface area contributed by atoms with E-state index in [-0.39, 0.29) is 23.0 Å². The molecule has 8 nitrogen and oxygen atoms in total. The minimum absolute atomic E-state index is 0.0575. The Labute approximate surface area is 120 Å². The molecule has 21 heavy (non-hydrogen) atoms. The number of nitro groups is 1. The molecule has 1 saturated carbocycles. The fourth-order valence-electron chi connectivity index (χ4n) is 2.51. The number of carboxylic acid groups (broad SMARTS) is 1. The van der Waals surface area contributed by atoms with E-state index in [2.05, 4.69) is 5.32 Å². The third-order valence-corrected chi connectivity index (χ3v) is 3.62. The molecule has 8 heteroatoms. The summed E-state index contributed by atoms with van der Waals surface area (Å²) in [6, 6.07) is 3.81. The van der Waals surface area contributed by atoms with Gasteiger partial charge in [-0.15, -0.1) is 0 Å². The van der Waals surface area contributed by atoms with Gasteiger partial charge in [-0.2, -0.15) is 0 Å². The summed E-state index contributed by atoms with van der Waals surface area (Å²) in [5.74, 6) is -2.01. The van der Waals surface area contributed by atoms with Crippen molar-refractivity contribution in [3.63, 3.8) is 0 Å². The van der Waals surface area contributed by atoms with E-state index in [1.807, 2.05) is 0 Å². The van der Waals surface area contributed by atoms with Crippen LogP contribution in [0.1, 0.15) is 29.6 Å². The zero-order chi connectivity index (χ0) is 15.6. The lowest BCUT2D eigenvalue weighted by Crippen LogP contribution is -2.19. The summed E-state index contributed by atoms with van der Waals surface area (Å²) >= 11 is 0. The van der Waals surface area contributed by atoms with Gasteiger partial charge in [0.05, 0.1) is 10.8 Å². The number of amides is 1. The molecule has 4 N–H and O–H groups in total. The molecule has 0 saturated heterocycles. The number of benzene rings is 1. The summed E-state index contributed by atoms with van der Waals surface area (Å²) in [6.07, 6.45) is 1.59. The Balaban J connectivity index is 2.18. The Morgan fingerprint density at radius 3 is 2.62 bits per heavy atom. The Morgan fingerprint density at radius 1 is 1.38 bits per heavy atom. The maximum absolute atomic E-state index is 11.1. The van der Waals surface area contributed by atoms with Gasteiger partial charge in [0.1, 0.15) is 5.69 Å². The molecule has 0 aromatic heterocycles. The highest BCUT2D eigenvalue weighted by atomic mass is 16.6. The predicted molar refractivity (Wildman–Crippen MR) is 74.0 cm³/mol. The number of anilines is 1. The second-order valence-electron chi connectivity index (χ2n) is 5.04. The smallest absolute Gasteiger partial charge is 0.306 e. The lowest BCUT2D eigenvalue weighted by molar-refractivity contribution is -0.384. The third kappa shape index (κ3) is 3.28. The van der Waals surface area contributed by atoms with Gasteiger partial charge in [-0.05, 0) is 31.4 Å². The van der Waals surface area contributed by atoms with E-state index in [9.17, 15) is 19.7 Å². The van der Waals surface area contributed by atoms with Crippen molar-refractivity contribution in [1.29, 1.82) is 0 Å². The average Bonchev–Trinajstić information content (AvgIpc) is 2.87. The van der Waals surface area contributed by atoms with Gasteiger partial charge in [-0.25, -0.2) is 0 Å². The number of carboxylic acids is 1. The van der Waals surface area contributed by atoms with Gasteiger partial charge in [0.15, 0.2) is 0 Å². The first kappa shape index (κ1) is 14.8. The quantitative estimate of drug-likeness (QED) is 0.554. The van der Waals surface area contributed by atoms with Crippen LogP contribution in [-0.4, -0.2) is 27.9 Å². The highest BCUT2D eigenvalue weighted by Crippen LogP contribution is 2.32. The Hall–Kier alpha value is -2.64. The summed E-state index contributed by atoms with van der Waals surface area (Å²) in [7, 11) is 0. The summed E-state index contributed by atoms with van der Waals surface area (Å²) in [4.78, 5) is 32.4. The van der Waals surface area contributed by atoms with Gasteiger partial charge in [-0.1, -0.05) is 0 Å². The lowest BCUT2D eigenvalue weighted by atomic mass is 10.1. The Kier molecular flexibility index (Phi) is 4.06. The number of nitro benzene ring substituents is 1. The molecule has 1 amide bonds. The zero-order valence-electron chi connectivity index (χ0n) is 11.1. The maximum atomic E-state index is 11.1. The van der Waals surface area contributed by atoms with Gasteiger partial charge in [0.2, 0.25) is 5.91 Å². The molecule has 2 rings (SSSR count). The molecule has 0 aliphatic heterocycles. The molecule has 1 aliphatic carbocycles. The Bertz CT molecular complexity index is 601. The minimum atomic E-state index is -0.849. The normalized spacial score (nSPS) is 21.0. The van der Waals surface area contributed by atoms with E-state index in [4.69, 9.17) is 10.8 Å². The van der Waals surface area contributed by atoms with E-state index in [1.165, 1.54) is 12.1 Å². The first-order valence-corrected chi connectivity index (χ1v) is 6.46. The van der Waals surface area contributed by atoms with Crippen molar-refractivity contribution in [1.82, 2.24) is 0 Å². The second kappa shape index (κ2) is 5.78. The SMILES string of the molecule is NC(=O)c1ccc(N[C@H]2CC[C@@H](C(=O)O)C2)c([N+](=O)[O-])c1. The monoisotopic (exact) mass is 293 g/mol. The fraction of sp³-hybridized carbons (Fsp3) is 0.385. The molecular weight excluding hydrogens is 278 g/mol. The lowest BCUT2D eigenvalue weighted by Gasteiger charge is -2.14. The standard InChI is InChI=1S/C13H15N3O5/c14-12(17)7-2-4-10(11(6-7)16(20)21)15-9-3-1-8(5-9)13(18)19/h2,4,6,8-9,15H,1,3,5H2,(H2,14,17)(H,18,19)/t8-,9+/m1/s1. The molecule has 1 fully saturated rings. The summed E-state index contributed by atoms with van der Waals surface area (Å²) in [5, 5.41) is 23.0. The number of carbonyl (C=O) groups excluding carboxylic acids is 1. The number of hydrogen-bond donors (Lipinski definition) is 3. The maximum Gasteiger partial charge on any atom is 0.306 e. The van der Waals surface area contributed by atoms with Crippen molar-refractivity contribution >= 4 is 23.3 Å². The van der Waals surface area contributed by atoms with E-state index in [0.717, 1.165) is 6.07 Å². The van der Waals surface area contributed by atoms with E-state index in [0.29, 0.717) is 19.3 Å². The molecule has 2 atom stereocenters. The summed E-state index contributed by atoms with van der Waals surface area (Å²) < 4.78 is 0. The number of primary amides is 1. The Morgan fingerprint density at radius 2 is 2.10 bits per heavy atom. The van der Waals surface area contributed by atoms with Crippen molar-refractivity contribution in [2.75, 3.05) is 5.32 Å². The molecule has 1 aromatic carbocycles. The number of aliphatic carboxylic acids is 1. The van der Waals surface area contributed by atoms with Gasteiger partial charge in [0, 0.05) is 17.7 Å². The molecule has 0 heterocycles. The molecule has 1 aromatic rings. The molecule has 0 spiro atoms. The molecule has 112 valence electrons. The van der Waals surface area contributed by atoms with E-state index in [1.54, 1.807) is 0 Å². The number of rotatable bonds is 5. The first-order valence-electron chi connectivity index (χ1n) is 6.46. The van der Waals surface area contributed by atoms with Crippen LogP contribution in [-0.2, 0) is 4.79 Å². The van der Waals surface area contributed by atoms with Crippen LogP contribution in [0.5, 0.6) is 0 Å². The van der Waals surface area contributed by atoms with Crippen LogP contribution >= 0.6 is 0 Å². The van der Waals surface area contributed by atoms with Crippen LogP contribution in [0.15, 0.2) is 18.2 Å². The topological polar surface area (TPSA) is 136 Å². The van der Waals surface area contributed by atoms with Crippen LogP contribution in [0.4, 0.5) is 11.4 Å². The molecule has 0 unspecified atom stereocenters. The molecule has 0 bridgehead atoms. The number of nitrogens with two attached hydrogens (primary N) is 1. The summed E-state index contributed by atoms with van der Waals surface area (Å²) in [5.41, 5.74) is 5.18. The van der Waals surface area contributed by atoms with E-state index < -0.39 is 22.7 Å². The molecule has 0 radical (unpaired) electrons. The molecular formula is C13H15N3O5. The van der Waals surface area contributed by atoms with Crippen LogP contribution in [0.25, 0.3) is 0 Å². The van der Waals surface area contributed by atoms with Crippen molar-refractivity contribution in [2.45, 2.75) is 25.3 Å². The largest absolute Gasteiger partial charge is 0.481 e. The van der Waals surface area contributed by atoms with Gasteiger partial charge < -0.3 is 16.2 Å². The average molecular weight is 293 g/mol. The third-order valence-electron chi connectivity index (χ3n) is 3.62. The fourth-order valence-corrected chi connectivity index (χ4v) is 2.51. The zero-order valence-corrected chi connectivity index (χ0v) is 11.1. The molecule has 1 aliphatic rings. The number of nitrogens with one attached hydrogen (secondary N) is 1. The van der Waals surface area contributed by atoms with Gasteiger partial charge >= 0.3 is 5.97 Å².